The summed E-state index contributed by atoms with van der Waals surface area (Å²) >= 11 is 11.5. The zero-order chi connectivity index (χ0) is 26.8. The van der Waals surface area contributed by atoms with E-state index < -0.39 is 11.2 Å². The summed E-state index contributed by atoms with van der Waals surface area (Å²) in [7, 11) is 0. The van der Waals surface area contributed by atoms with Gasteiger partial charge in [0.2, 0.25) is 0 Å². The fourth-order valence-electron chi connectivity index (χ4n) is 5.64. The van der Waals surface area contributed by atoms with Crippen LogP contribution in [-0.2, 0) is 11.2 Å². The summed E-state index contributed by atoms with van der Waals surface area (Å²) in [5.41, 5.74) is 3.08. The van der Waals surface area contributed by atoms with Gasteiger partial charge in [0.05, 0.1) is 21.2 Å². The Hall–Kier alpha value is -2.35. The summed E-state index contributed by atoms with van der Waals surface area (Å²) in [4.78, 5) is 30.9. The smallest absolute Gasteiger partial charge is 0.261 e. The number of amides is 2. The molecule has 2 amide bonds. The van der Waals surface area contributed by atoms with Gasteiger partial charge in [0.25, 0.3) is 11.8 Å². The van der Waals surface area contributed by atoms with E-state index in [0.29, 0.717) is 27.1 Å². The summed E-state index contributed by atoms with van der Waals surface area (Å²) in [6.07, 6.45) is 4.52. The van der Waals surface area contributed by atoms with Crippen molar-refractivity contribution in [2.75, 3.05) is 32.4 Å². The SMILES string of the molecule is C[S+]([O-])c1ccccc1C1CCN(CC[C@H](CN2C(=O)c3ccccc3C2=O)c2ccc(Cl)c(Cl)c2)CC1. The summed E-state index contributed by atoms with van der Waals surface area (Å²) < 4.78 is 12.2. The van der Waals surface area contributed by atoms with Crippen molar-refractivity contribution in [3.63, 3.8) is 0 Å². The van der Waals surface area contributed by atoms with Crippen LogP contribution in [0.5, 0.6) is 0 Å². The minimum atomic E-state index is -1.00. The summed E-state index contributed by atoms with van der Waals surface area (Å²) in [5.74, 6) is -0.171. The molecule has 0 aromatic heterocycles. The maximum Gasteiger partial charge on any atom is 0.261 e. The summed E-state index contributed by atoms with van der Waals surface area (Å²) in [5, 5.41) is 0.939. The Morgan fingerprint density at radius 3 is 2.18 bits per heavy atom. The number of hydrogen-bond acceptors (Lipinski definition) is 4. The second-order valence-electron chi connectivity index (χ2n) is 10.0. The first-order chi connectivity index (χ1) is 18.3. The molecular weight excluding hydrogens is 539 g/mol. The minimum absolute atomic E-state index is 0.0760. The number of carbonyl (C=O) groups excluding carboxylic acids is 2. The number of imide groups is 1. The Morgan fingerprint density at radius 2 is 1.55 bits per heavy atom. The number of benzene rings is 3. The third kappa shape index (κ3) is 5.65. The zero-order valence-corrected chi connectivity index (χ0v) is 23.6. The maximum atomic E-state index is 13.1. The van der Waals surface area contributed by atoms with Gasteiger partial charge in [-0.1, -0.05) is 59.6 Å². The molecule has 0 spiro atoms. The predicted molar refractivity (Wildman–Crippen MR) is 153 cm³/mol. The monoisotopic (exact) mass is 568 g/mol. The van der Waals surface area contributed by atoms with Gasteiger partial charge in [-0.15, -0.1) is 0 Å². The van der Waals surface area contributed by atoms with Crippen LogP contribution in [0.15, 0.2) is 71.6 Å². The predicted octanol–water partition coefficient (Wildman–Crippen LogP) is 6.38. The number of hydrogen-bond donors (Lipinski definition) is 0. The van der Waals surface area contributed by atoms with Crippen molar-refractivity contribution < 1.29 is 14.1 Å². The van der Waals surface area contributed by atoms with Crippen molar-refractivity contribution in [3.05, 3.63) is 99.0 Å². The molecule has 5 rings (SSSR count). The minimum Gasteiger partial charge on any atom is -0.612 e. The van der Waals surface area contributed by atoms with Crippen molar-refractivity contribution in [2.24, 2.45) is 0 Å². The molecule has 0 radical (unpaired) electrons. The third-order valence-corrected chi connectivity index (χ3v) is 9.48. The fraction of sp³-hybridized carbons (Fsp3) is 0.333. The average Bonchev–Trinajstić information content (AvgIpc) is 3.17. The molecule has 2 aliphatic rings. The summed E-state index contributed by atoms with van der Waals surface area (Å²) in [6.45, 7) is 3.01. The van der Waals surface area contributed by atoms with E-state index in [1.54, 1.807) is 36.6 Å². The Balaban J connectivity index is 1.28. The first-order valence-corrected chi connectivity index (χ1v) is 15.2. The molecule has 38 heavy (non-hydrogen) atoms. The Kier molecular flexibility index (Phi) is 8.46. The lowest BCUT2D eigenvalue weighted by Gasteiger charge is -2.34. The summed E-state index contributed by atoms with van der Waals surface area (Å²) in [6, 6.07) is 20.6. The van der Waals surface area contributed by atoms with Crippen LogP contribution >= 0.6 is 23.2 Å². The molecule has 1 unspecified atom stereocenters. The molecule has 2 atom stereocenters. The van der Waals surface area contributed by atoms with Gasteiger partial charge < -0.3 is 9.45 Å². The molecule has 8 heteroatoms. The quantitative estimate of drug-likeness (QED) is 0.233. The molecule has 0 aliphatic carbocycles. The van der Waals surface area contributed by atoms with Crippen molar-refractivity contribution in [1.29, 1.82) is 0 Å². The highest BCUT2D eigenvalue weighted by Crippen LogP contribution is 2.34. The van der Waals surface area contributed by atoms with Crippen LogP contribution in [0.25, 0.3) is 0 Å². The van der Waals surface area contributed by atoms with E-state index in [1.807, 2.05) is 30.3 Å². The van der Waals surface area contributed by atoms with Crippen LogP contribution in [0.4, 0.5) is 0 Å². The second-order valence-corrected chi connectivity index (χ2v) is 12.2. The van der Waals surface area contributed by atoms with Gasteiger partial charge >= 0.3 is 0 Å². The first-order valence-electron chi connectivity index (χ1n) is 12.9. The molecule has 2 aliphatic heterocycles. The van der Waals surface area contributed by atoms with E-state index in [2.05, 4.69) is 11.0 Å². The van der Waals surface area contributed by atoms with E-state index >= 15 is 0 Å². The van der Waals surface area contributed by atoms with Gasteiger partial charge in [0.15, 0.2) is 4.90 Å². The van der Waals surface area contributed by atoms with Crippen LogP contribution in [0.2, 0.25) is 10.0 Å². The van der Waals surface area contributed by atoms with Gasteiger partial charge in [0.1, 0.15) is 6.26 Å². The molecule has 1 fully saturated rings. The van der Waals surface area contributed by atoms with E-state index in [4.69, 9.17) is 23.2 Å². The molecule has 2 heterocycles. The first kappa shape index (κ1) is 27.2. The third-order valence-electron chi connectivity index (χ3n) is 7.75. The Bertz CT molecular complexity index is 1310. The molecule has 0 bridgehead atoms. The number of piperidine rings is 1. The van der Waals surface area contributed by atoms with E-state index in [-0.39, 0.29) is 24.3 Å². The van der Waals surface area contributed by atoms with Crippen LogP contribution < -0.4 is 0 Å². The number of fused-ring (bicyclic) bond motifs is 1. The molecule has 3 aromatic rings. The molecule has 0 N–H and O–H groups in total. The fourth-order valence-corrected chi connectivity index (χ4v) is 6.78. The Labute approximate surface area is 236 Å². The van der Waals surface area contributed by atoms with Crippen molar-refractivity contribution >= 4 is 46.2 Å². The van der Waals surface area contributed by atoms with Gasteiger partial charge in [0, 0.05) is 18.0 Å². The van der Waals surface area contributed by atoms with Crippen LogP contribution in [-0.4, -0.2) is 58.6 Å². The molecule has 3 aromatic carbocycles. The van der Waals surface area contributed by atoms with Crippen LogP contribution in [0.1, 0.15) is 62.9 Å². The van der Waals surface area contributed by atoms with Gasteiger partial charge in [-0.2, -0.15) is 0 Å². The number of halogens is 2. The molecule has 1 saturated heterocycles. The maximum absolute atomic E-state index is 13.1. The zero-order valence-electron chi connectivity index (χ0n) is 21.2. The Morgan fingerprint density at radius 1 is 0.921 bits per heavy atom. The lowest BCUT2D eigenvalue weighted by Crippen LogP contribution is -2.37. The van der Waals surface area contributed by atoms with Crippen LogP contribution in [0.3, 0.4) is 0 Å². The van der Waals surface area contributed by atoms with Crippen LogP contribution in [0, 0.1) is 0 Å². The molecule has 5 nitrogen and oxygen atoms in total. The second kappa shape index (κ2) is 11.8. The van der Waals surface area contributed by atoms with Crippen molar-refractivity contribution in [1.82, 2.24) is 9.80 Å². The normalized spacial score (nSPS) is 18.1. The highest BCUT2D eigenvalue weighted by Gasteiger charge is 2.37. The highest BCUT2D eigenvalue weighted by molar-refractivity contribution is 7.90. The van der Waals surface area contributed by atoms with E-state index in [9.17, 15) is 14.1 Å². The standard InChI is InChI=1S/C30H30Cl2N2O3S/c1-38(37)28-9-5-4-6-23(28)20-12-15-33(16-13-20)17-14-22(21-10-11-26(31)27(32)18-21)19-34-29(35)24-7-2-3-8-25(24)30(34)36/h2-11,18,20,22H,12-17,19H2,1H3/t22-,38?/m1/s1. The molecular formula is C30H30Cl2N2O3S. The van der Waals surface area contributed by atoms with Gasteiger partial charge in [-0.3, -0.25) is 14.5 Å². The highest BCUT2D eigenvalue weighted by atomic mass is 35.5. The van der Waals surface area contributed by atoms with Crippen molar-refractivity contribution in [2.45, 2.75) is 36.0 Å². The number of carbonyl (C=O) groups is 2. The van der Waals surface area contributed by atoms with E-state index in [1.165, 1.54) is 10.5 Å². The molecule has 198 valence electrons. The van der Waals surface area contributed by atoms with Gasteiger partial charge in [-0.25, -0.2) is 0 Å². The number of nitrogens with zero attached hydrogens (tertiary/aromatic N) is 2. The topological polar surface area (TPSA) is 63.7 Å². The lowest BCUT2D eigenvalue weighted by atomic mass is 9.88. The number of likely N-dealkylation sites (tertiary alicyclic amines) is 1. The van der Waals surface area contributed by atoms with Gasteiger partial charge in [-0.05, 0) is 91.9 Å². The van der Waals surface area contributed by atoms with E-state index in [0.717, 1.165) is 49.4 Å². The lowest BCUT2D eigenvalue weighted by molar-refractivity contribution is 0.0639. The van der Waals surface area contributed by atoms with Crippen molar-refractivity contribution in [3.8, 4) is 0 Å². The largest absolute Gasteiger partial charge is 0.612 e. The molecule has 0 saturated carbocycles. The average molecular weight is 570 g/mol. The number of rotatable bonds is 8.